The number of rotatable bonds is 8. The fourth-order valence-corrected chi connectivity index (χ4v) is 10.3. The van der Waals surface area contributed by atoms with Crippen LogP contribution >= 0.6 is 0 Å². The number of aliphatic hydroxyl groups excluding tert-OH is 1. The van der Waals surface area contributed by atoms with Gasteiger partial charge in [0.25, 0.3) is 0 Å². The van der Waals surface area contributed by atoms with E-state index < -0.39 is 35.0 Å². The van der Waals surface area contributed by atoms with E-state index in [4.69, 9.17) is 18.9 Å². The van der Waals surface area contributed by atoms with Crippen LogP contribution in [0.2, 0.25) is 0 Å². The standard InChI is InChI=1S/C42H50O6/c1-5-39(4)27-34(36-29(2)21-22-40(30(3)38(39)44)23-24-41(37(36)40)45-25-26-46-41)48-35(43)28-47-42(31-15-9-6-10-16-31,32-17-11-7-12-18-32)33-19-13-8-14-20-33/h5-20,29-30,34,36-38,44H,1,21-28H2,2-4H3/t29-,30-,34-,36?,37?,38+,39-,40+/m1/s1. The zero-order valence-electron chi connectivity index (χ0n) is 28.6. The second-order valence-electron chi connectivity index (χ2n) is 15.1. The van der Waals surface area contributed by atoms with Gasteiger partial charge in [-0.05, 0) is 59.6 Å². The molecule has 2 bridgehead atoms. The van der Waals surface area contributed by atoms with Gasteiger partial charge in [-0.15, -0.1) is 6.58 Å². The third-order valence-electron chi connectivity index (χ3n) is 12.7. The summed E-state index contributed by atoms with van der Waals surface area (Å²) in [6.07, 6.45) is 4.92. The van der Waals surface area contributed by atoms with E-state index in [1.165, 1.54) is 0 Å². The Morgan fingerprint density at radius 2 is 1.44 bits per heavy atom. The van der Waals surface area contributed by atoms with E-state index in [1.807, 2.05) is 97.1 Å². The van der Waals surface area contributed by atoms with Crippen LogP contribution in [0, 0.1) is 34.5 Å². The first kappa shape index (κ1) is 33.2. The molecule has 8 atom stereocenters. The number of ether oxygens (including phenoxy) is 4. The van der Waals surface area contributed by atoms with E-state index in [1.54, 1.807) is 0 Å². The highest BCUT2D eigenvalue weighted by molar-refractivity contribution is 5.71. The van der Waals surface area contributed by atoms with Crippen LogP contribution in [0.15, 0.2) is 104 Å². The summed E-state index contributed by atoms with van der Waals surface area (Å²) in [4.78, 5) is 14.3. The van der Waals surface area contributed by atoms with E-state index in [0.717, 1.165) is 42.4 Å². The van der Waals surface area contributed by atoms with Gasteiger partial charge in [0.05, 0.1) is 19.3 Å². The Morgan fingerprint density at radius 3 is 1.96 bits per heavy atom. The Balaban J connectivity index is 1.26. The molecule has 1 saturated heterocycles. The van der Waals surface area contributed by atoms with Crippen molar-refractivity contribution in [1.29, 1.82) is 0 Å². The first-order valence-electron chi connectivity index (χ1n) is 17.8. The Hall–Kier alpha value is -3.29. The molecule has 1 N–H and O–H groups in total. The fraction of sp³-hybridized carbons (Fsp3) is 0.500. The van der Waals surface area contributed by atoms with Gasteiger partial charge in [0.1, 0.15) is 18.3 Å². The maximum Gasteiger partial charge on any atom is 0.332 e. The highest BCUT2D eigenvalue weighted by Crippen LogP contribution is 2.68. The predicted octanol–water partition coefficient (Wildman–Crippen LogP) is 7.69. The van der Waals surface area contributed by atoms with Crippen LogP contribution in [0.3, 0.4) is 0 Å². The predicted molar refractivity (Wildman–Crippen MR) is 185 cm³/mol. The summed E-state index contributed by atoms with van der Waals surface area (Å²) in [5.74, 6) is -0.843. The molecule has 3 aliphatic carbocycles. The normalized spacial score (nSPS) is 34.2. The van der Waals surface area contributed by atoms with Crippen LogP contribution < -0.4 is 0 Å². The van der Waals surface area contributed by atoms with Crippen molar-refractivity contribution in [3.8, 4) is 0 Å². The lowest BCUT2D eigenvalue weighted by Gasteiger charge is -2.59. The average Bonchev–Trinajstić information content (AvgIpc) is 3.74. The Morgan fingerprint density at radius 1 is 0.896 bits per heavy atom. The number of aliphatic hydroxyl groups is 1. The zero-order chi connectivity index (χ0) is 33.6. The molecule has 48 heavy (non-hydrogen) atoms. The highest BCUT2D eigenvalue weighted by Gasteiger charge is 2.70. The van der Waals surface area contributed by atoms with E-state index in [-0.39, 0.29) is 35.7 Å². The molecule has 254 valence electrons. The molecule has 3 saturated carbocycles. The summed E-state index contributed by atoms with van der Waals surface area (Å²) in [5.41, 5.74) is 0.896. The minimum absolute atomic E-state index is 0.000322. The van der Waals surface area contributed by atoms with Gasteiger partial charge in [-0.1, -0.05) is 118 Å². The zero-order valence-corrected chi connectivity index (χ0v) is 28.6. The Labute approximate surface area is 285 Å². The molecule has 6 heteroatoms. The van der Waals surface area contributed by atoms with Gasteiger partial charge in [0.2, 0.25) is 0 Å². The Bertz CT molecular complexity index is 1470. The topological polar surface area (TPSA) is 74.2 Å². The smallest absolute Gasteiger partial charge is 0.332 e. The van der Waals surface area contributed by atoms with Crippen LogP contribution in [0.25, 0.3) is 0 Å². The van der Waals surface area contributed by atoms with Crippen molar-refractivity contribution in [2.24, 2.45) is 34.5 Å². The van der Waals surface area contributed by atoms with Gasteiger partial charge in [-0.25, -0.2) is 4.79 Å². The summed E-state index contributed by atoms with van der Waals surface area (Å²) >= 11 is 0. The SMILES string of the molecule is C=C[C@]1(C)C[C@@H](OC(=O)COC(c2ccccc2)(c2ccccc2)c2ccccc2)C2C3C4(CC[C@@]3(CC[C@H]2C)[C@H](C)[C@@H]1O)OCCO4. The molecule has 3 aromatic rings. The largest absolute Gasteiger partial charge is 0.460 e. The lowest BCUT2D eigenvalue weighted by molar-refractivity contribution is -0.255. The molecule has 6 nitrogen and oxygen atoms in total. The molecular formula is C42H50O6. The van der Waals surface area contributed by atoms with Crippen molar-refractivity contribution in [1.82, 2.24) is 0 Å². The summed E-state index contributed by atoms with van der Waals surface area (Å²) < 4.78 is 26.5. The third kappa shape index (κ3) is 5.27. The van der Waals surface area contributed by atoms with E-state index in [2.05, 4.69) is 27.4 Å². The van der Waals surface area contributed by atoms with Crippen molar-refractivity contribution in [3.63, 3.8) is 0 Å². The summed E-state index contributed by atoms with van der Waals surface area (Å²) in [7, 11) is 0. The van der Waals surface area contributed by atoms with Crippen LogP contribution in [0.1, 0.15) is 69.6 Å². The second-order valence-corrected chi connectivity index (χ2v) is 15.1. The number of carbonyl (C=O) groups is 1. The van der Waals surface area contributed by atoms with E-state index in [0.29, 0.717) is 19.6 Å². The number of hydrogen-bond donors (Lipinski definition) is 1. The van der Waals surface area contributed by atoms with E-state index in [9.17, 15) is 9.90 Å². The van der Waals surface area contributed by atoms with Crippen LogP contribution in [0.5, 0.6) is 0 Å². The molecule has 0 amide bonds. The van der Waals surface area contributed by atoms with Gasteiger partial charge < -0.3 is 24.1 Å². The number of esters is 1. The molecule has 1 heterocycles. The van der Waals surface area contributed by atoms with Gasteiger partial charge in [-0.2, -0.15) is 0 Å². The third-order valence-corrected chi connectivity index (χ3v) is 12.7. The molecule has 1 spiro atoms. The number of benzene rings is 3. The summed E-state index contributed by atoms with van der Waals surface area (Å²) in [6.45, 7) is 11.6. The Kier molecular flexibility index (Phi) is 8.91. The molecule has 4 aliphatic rings. The first-order valence-corrected chi connectivity index (χ1v) is 17.8. The molecule has 4 fully saturated rings. The van der Waals surface area contributed by atoms with Gasteiger partial charge in [0.15, 0.2) is 5.79 Å². The van der Waals surface area contributed by atoms with Crippen molar-refractivity contribution in [2.75, 3.05) is 19.8 Å². The summed E-state index contributed by atoms with van der Waals surface area (Å²) in [5, 5.41) is 12.1. The van der Waals surface area contributed by atoms with Crippen LogP contribution in [-0.2, 0) is 29.3 Å². The van der Waals surface area contributed by atoms with Crippen LogP contribution in [0.4, 0.5) is 0 Å². The van der Waals surface area contributed by atoms with Crippen molar-refractivity contribution in [3.05, 3.63) is 120 Å². The number of carbonyl (C=O) groups excluding carboxylic acids is 1. The maximum absolute atomic E-state index is 14.3. The molecule has 1 aliphatic heterocycles. The van der Waals surface area contributed by atoms with Gasteiger partial charge in [-0.3, -0.25) is 0 Å². The van der Waals surface area contributed by atoms with Gasteiger partial charge in [0, 0.05) is 23.7 Å². The maximum atomic E-state index is 14.3. The lowest BCUT2D eigenvalue weighted by Crippen LogP contribution is -2.61. The van der Waals surface area contributed by atoms with Crippen molar-refractivity contribution < 1.29 is 28.8 Å². The molecule has 0 aromatic heterocycles. The average molecular weight is 651 g/mol. The first-order chi connectivity index (χ1) is 23.2. The lowest BCUT2D eigenvalue weighted by atomic mass is 9.48. The second kappa shape index (κ2) is 12.9. The quantitative estimate of drug-likeness (QED) is 0.153. The van der Waals surface area contributed by atoms with Crippen molar-refractivity contribution >= 4 is 5.97 Å². The van der Waals surface area contributed by atoms with Crippen LogP contribution in [-0.4, -0.2) is 48.9 Å². The molecule has 3 aromatic carbocycles. The molecule has 2 unspecified atom stereocenters. The molecule has 0 radical (unpaired) electrons. The van der Waals surface area contributed by atoms with E-state index >= 15 is 0 Å². The monoisotopic (exact) mass is 650 g/mol. The van der Waals surface area contributed by atoms with Crippen molar-refractivity contribution in [2.45, 2.75) is 76.5 Å². The fourth-order valence-electron chi connectivity index (χ4n) is 10.3. The molecule has 7 rings (SSSR count). The van der Waals surface area contributed by atoms with Gasteiger partial charge >= 0.3 is 5.97 Å². The molecular weight excluding hydrogens is 600 g/mol. The summed E-state index contributed by atoms with van der Waals surface area (Å²) in [6, 6.07) is 30.2. The minimum Gasteiger partial charge on any atom is -0.460 e. The highest BCUT2D eigenvalue weighted by atomic mass is 16.7. The number of hydrogen-bond acceptors (Lipinski definition) is 6. The minimum atomic E-state index is -1.04.